The van der Waals surface area contributed by atoms with Crippen molar-refractivity contribution in [2.75, 3.05) is 33.9 Å². The molecular weight excluding hydrogens is 251 g/mol. The van der Waals surface area contributed by atoms with Gasteiger partial charge in [0.15, 0.2) is 11.6 Å². The summed E-state index contributed by atoms with van der Waals surface area (Å²) in [5.74, 6) is -0.436. The SMILES string of the molecule is COc1ccc(CN(C)C(=O)COCCN)cc1F. The second kappa shape index (κ2) is 7.70. The predicted molar refractivity (Wildman–Crippen MR) is 69.3 cm³/mol. The number of likely N-dealkylation sites (N-methyl/N-ethyl adjacent to an activating group) is 1. The Labute approximate surface area is 112 Å². The molecule has 1 rings (SSSR count). The van der Waals surface area contributed by atoms with E-state index >= 15 is 0 Å². The van der Waals surface area contributed by atoms with E-state index in [0.717, 1.165) is 0 Å². The van der Waals surface area contributed by atoms with Crippen LogP contribution in [0.1, 0.15) is 5.56 Å². The van der Waals surface area contributed by atoms with Crippen molar-refractivity contribution in [3.63, 3.8) is 0 Å². The van der Waals surface area contributed by atoms with Gasteiger partial charge in [-0.05, 0) is 17.7 Å². The second-order valence-corrected chi connectivity index (χ2v) is 4.06. The number of carbonyl (C=O) groups is 1. The minimum absolute atomic E-state index is 0.0215. The number of ether oxygens (including phenoxy) is 2. The highest BCUT2D eigenvalue weighted by Crippen LogP contribution is 2.18. The van der Waals surface area contributed by atoms with Crippen molar-refractivity contribution in [3.05, 3.63) is 29.6 Å². The van der Waals surface area contributed by atoms with Crippen molar-refractivity contribution in [2.45, 2.75) is 6.54 Å². The molecule has 0 aliphatic heterocycles. The van der Waals surface area contributed by atoms with E-state index in [1.165, 1.54) is 24.1 Å². The lowest BCUT2D eigenvalue weighted by Crippen LogP contribution is -2.30. The number of benzene rings is 1. The molecule has 2 N–H and O–H groups in total. The number of nitrogens with zero attached hydrogens (tertiary/aromatic N) is 1. The van der Waals surface area contributed by atoms with Crippen LogP contribution in [0.15, 0.2) is 18.2 Å². The van der Waals surface area contributed by atoms with E-state index in [0.29, 0.717) is 25.3 Å². The minimum atomic E-state index is -0.444. The molecular formula is C13H19FN2O3. The largest absolute Gasteiger partial charge is 0.494 e. The minimum Gasteiger partial charge on any atom is -0.494 e. The maximum Gasteiger partial charge on any atom is 0.248 e. The number of methoxy groups -OCH3 is 1. The molecule has 1 aromatic rings. The first kappa shape index (κ1) is 15.4. The molecule has 0 bridgehead atoms. The standard InChI is InChI=1S/C13H19FN2O3/c1-16(13(17)9-19-6-5-15)8-10-3-4-12(18-2)11(14)7-10/h3-4,7H,5-6,8-9,15H2,1-2H3. The summed E-state index contributed by atoms with van der Waals surface area (Å²) < 4.78 is 23.4. The highest BCUT2D eigenvalue weighted by atomic mass is 19.1. The van der Waals surface area contributed by atoms with E-state index in [-0.39, 0.29) is 18.3 Å². The van der Waals surface area contributed by atoms with Crippen molar-refractivity contribution in [2.24, 2.45) is 5.73 Å². The fourth-order valence-corrected chi connectivity index (χ4v) is 1.52. The average molecular weight is 270 g/mol. The van der Waals surface area contributed by atoms with Gasteiger partial charge in [0, 0.05) is 20.1 Å². The Balaban J connectivity index is 2.54. The smallest absolute Gasteiger partial charge is 0.248 e. The third kappa shape index (κ3) is 4.84. The van der Waals surface area contributed by atoms with Gasteiger partial charge in [-0.25, -0.2) is 4.39 Å². The monoisotopic (exact) mass is 270 g/mol. The Hall–Kier alpha value is -1.66. The quantitative estimate of drug-likeness (QED) is 0.743. The van der Waals surface area contributed by atoms with Crippen molar-refractivity contribution in [1.82, 2.24) is 4.90 Å². The molecule has 19 heavy (non-hydrogen) atoms. The zero-order valence-electron chi connectivity index (χ0n) is 11.2. The number of hydrogen-bond acceptors (Lipinski definition) is 4. The molecule has 0 saturated carbocycles. The molecule has 0 spiro atoms. The maximum atomic E-state index is 13.5. The van der Waals surface area contributed by atoms with E-state index < -0.39 is 5.82 Å². The van der Waals surface area contributed by atoms with Crippen molar-refractivity contribution < 1.29 is 18.7 Å². The van der Waals surface area contributed by atoms with E-state index in [1.807, 2.05) is 0 Å². The van der Waals surface area contributed by atoms with Crippen LogP contribution in [0.3, 0.4) is 0 Å². The van der Waals surface area contributed by atoms with Gasteiger partial charge in [-0.3, -0.25) is 4.79 Å². The van der Waals surface area contributed by atoms with E-state index in [2.05, 4.69) is 0 Å². The number of nitrogens with two attached hydrogens (primary N) is 1. The first-order valence-electron chi connectivity index (χ1n) is 5.92. The lowest BCUT2D eigenvalue weighted by molar-refractivity contribution is -0.135. The van der Waals surface area contributed by atoms with Gasteiger partial charge in [-0.15, -0.1) is 0 Å². The van der Waals surface area contributed by atoms with Gasteiger partial charge in [0.1, 0.15) is 6.61 Å². The zero-order valence-corrected chi connectivity index (χ0v) is 11.2. The number of hydrogen-bond donors (Lipinski definition) is 1. The molecule has 0 aliphatic rings. The number of carbonyl (C=O) groups excluding carboxylic acids is 1. The number of halogens is 1. The Morgan fingerprint density at radius 2 is 2.21 bits per heavy atom. The van der Waals surface area contributed by atoms with Gasteiger partial charge in [0.05, 0.1) is 13.7 Å². The highest BCUT2D eigenvalue weighted by molar-refractivity contribution is 5.77. The second-order valence-electron chi connectivity index (χ2n) is 4.06. The summed E-state index contributed by atoms with van der Waals surface area (Å²) in [6, 6.07) is 4.60. The van der Waals surface area contributed by atoms with E-state index in [4.69, 9.17) is 15.2 Å². The molecule has 0 aliphatic carbocycles. The molecule has 5 nitrogen and oxygen atoms in total. The van der Waals surface area contributed by atoms with Crippen LogP contribution in [-0.4, -0.2) is 44.7 Å². The van der Waals surface area contributed by atoms with Crippen molar-refractivity contribution in [1.29, 1.82) is 0 Å². The van der Waals surface area contributed by atoms with Crippen LogP contribution in [0.4, 0.5) is 4.39 Å². The summed E-state index contributed by atoms with van der Waals surface area (Å²) in [7, 11) is 3.04. The summed E-state index contributed by atoms with van der Waals surface area (Å²) >= 11 is 0. The van der Waals surface area contributed by atoms with Gasteiger partial charge in [-0.2, -0.15) is 0 Å². The predicted octanol–water partition coefficient (Wildman–Crippen LogP) is 0.768. The van der Waals surface area contributed by atoms with E-state index in [9.17, 15) is 9.18 Å². The Kier molecular flexibility index (Phi) is 6.24. The van der Waals surface area contributed by atoms with Crippen LogP contribution < -0.4 is 10.5 Å². The molecule has 0 saturated heterocycles. The number of rotatable bonds is 7. The topological polar surface area (TPSA) is 64.8 Å². The van der Waals surface area contributed by atoms with Crippen LogP contribution in [-0.2, 0) is 16.1 Å². The van der Waals surface area contributed by atoms with Gasteiger partial charge in [0.2, 0.25) is 5.91 Å². The molecule has 6 heteroatoms. The third-order valence-electron chi connectivity index (χ3n) is 2.55. The van der Waals surface area contributed by atoms with Crippen molar-refractivity contribution in [3.8, 4) is 5.75 Å². The summed E-state index contributed by atoms with van der Waals surface area (Å²) in [5, 5.41) is 0. The third-order valence-corrected chi connectivity index (χ3v) is 2.55. The summed E-state index contributed by atoms with van der Waals surface area (Å²) in [4.78, 5) is 13.1. The highest BCUT2D eigenvalue weighted by Gasteiger charge is 2.11. The lowest BCUT2D eigenvalue weighted by atomic mass is 10.2. The Morgan fingerprint density at radius 3 is 2.79 bits per heavy atom. The fourth-order valence-electron chi connectivity index (χ4n) is 1.52. The van der Waals surface area contributed by atoms with Gasteiger partial charge in [0.25, 0.3) is 0 Å². The van der Waals surface area contributed by atoms with Crippen LogP contribution in [0.5, 0.6) is 5.75 Å². The van der Waals surface area contributed by atoms with Gasteiger partial charge < -0.3 is 20.1 Å². The molecule has 0 heterocycles. The van der Waals surface area contributed by atoms with Crippen LogP contribution in [0, 0.1) is 5.82 Å². The zero-order chi connectivity index (χ0) is 14.3. The van der Waals surface area contributed by atoms with Gasteiger partial charge >= 0.3 is 0 Å². The summed E-state index contributed by atoms with van der Waals surface area (Å²) in [5.41, 5.74) is 5.94. The molecule has 106 valence electrons. The normalized spacial score (nSPS) is 10.3. The Bertz CT molecular complexity index is 426. The molecule has 1 amide bonds. The first-order valence-corrected chi connectivity index (χ1v) is 5.92. The number of amides is 1. The molecule has 0 atom stereocenters. The summed E-state index contributed by atoms with van der Waals surface area (Å²) in [6.07, 6.45) is 0. The lowest BCUT2D eigenvalue weighted by Gasteiger charge is -2.17. The first-order chi connectivity index (χ1) is 9.08. The molecule has 0 radical (unpaired) electrons. The molecule has 0 fully saturated rings. The van der Waals surface area contributed by atoms with Crippen LogP contribution in [0.25, 0.3) is 0 Å². The maximum absolute atomic E-state index is 13.5. The molecule has 0 aromatic heterocycles. The van der Waals surface area contributed by atoms with Crippen LogP contribution >= 0.6 is 0 Å². The van der Waals surface area contributed by atoms with Crippen LogP contribution in [0.2, 0.25) is 0 Å². The molecule has 1 aromatic carbocycles. The molecule has 0 unspecified atom stereocenters. The summed E-state index contributed by atoms with van der Waals surface area (Å²) in [6.45, 7) is 1.01. The van der Waals surface area contributed by atoms with E-state index in [1.54, 1.807) is 13.1 Å². The average Bonchev–Trinajstić information content (AvgIpc) is 2.39. The van der Waals surface area contributed by atoms with Crippen molar-refractivity contribution >= 4 is 5.91 Å². The Morgan fingerprint density at radius 1 is 1.47 bits per heavy atom. The fraction of sp³-hybridized carbons (Fsp3) is 0.462. The van der Waals surface area contributed by atoms with Gasteiger partial charge in [-0.1, -0.05) is 6.07 Å².